The lowest BCUT2D eigenvalue weighted by Crippen LogP contribution is -2.24. The summed E-state index contributed by atoms with van der Waals surface area (Å²) >= 11 is 0. The highest BCUT2D eigenvalue weighted by Crippen LogP contribution is 2.39. The fraction of sp³-hybridized carbons (Fsp3) is 0.294. The van der Waals surface area contributed by atoms with Crippen LogP contribution in [-0.4, -0.2) is 54.0 Å². The number of amides is 1. The molecule has 14 nitrogen and oxygen atoms in total. The predicted molar refractivity (Wildman–Crippen MR) is 109 cm³/mol. The molecule has 0 saturated carbocycles. The van der Waals surface area contributed by atoms with E-state index in [0.29, 0.717) is 16.7 Å². The zero-order valence-corrected chi connectivity index (χ0v) is 17.2. The number of imidazole rings is 1. The molecule has 3 aromatic rings. The molecule has 3 N–H and O–H groups in total. The minimum Gasteiger partial charge on any atom is -0.352 e. The summed E-state index contributed by atoms with van der Waals surface area (Å²) in [5.74, 6) is -0.163. The standard InChI is InChI=1S/C17H17N8O6P/c18-24-23-11-6-13(31-12(11)7-30-32(27,28)29)25-9-21-14-15(19-8-20-16(14)25)22-17(26)10-4-2-1-3-5-10/h1-5,8-9,11-13H,6-7H2,(H2,27,28,29)(H,19,20,22,26)/t11-,12+,13+/m0/s1. The van der Waals surface area contributed by atoms with Crippen molar-refractivity contribution >= 4 is 30.7 Å². The number of ether oxygens (including phenoxy) is 1. The molecule has 4 rings (SSSR count). The molecule has 1 saturated heterocycles. The fourth-order valence-corrected chi connectivity index (χ4v) is 3.66. The van der Waals surface area contributed by atoms with Crippen molar-refractivity contribution in [1.82, 2.24) is 19.5 Å². The van der Waals surface area contributed by atoms with Gasteiger partial charge in [0, 0.05) is 16.9 Å². The summed E-state index contributed by atoms with van der Waals surface area (Å²) < 4.78 is 22.9. The number of phosphoric acid groups is 1. The van der Waals surface area contributed by atoms with Crippen LogP contribution in [0.15, 0.2) is 48.1 Å². The van der Waals surface area contributed by atoms with Crippen molar-refractivity contribution in [2.75, 3.05) is 11.9 Å². The Morgan fingerprint density at radius 3 is 2.84 bits per heavy atom. The third-order valence-electron chi connectivity index (χ3n) is 4.75. The summed E-state index contributed by atoms with van der Waals surface area (Å²) in [6.45, 7) is -0.468. The molecule has 1 amide bonds. The van der Waals surface area contributed by atoms with Gasteiger partial charge in [-0.15, -0.1) is 0 Å². The average molecular weight is 460 g/mol. The van der Waals surface area contributed by atoms with Crippen LogP contribution in [0, 0.1) is 0 Å². The summed E-state index contributed by atoms with van der Waals surface area (Å²) in [7, 11) is -4.72. The van der Waals surface area contributed by atoms with Gasteiger partial charge in [-0.3, -0.25) is 13.9 Å². The first kappa shape index (κ1) is 21.8. The minimum atomic E-state index is -4.72. The Morgan fingerprint density at radius 1 is 1.34 bits per heavy atom. The molecule has 166 valence electrons. The average Bonchev–Trinajstić information content (AvgIpc) is 3.37. The molecular weight excluding hydrogens is 443 g/mol. The quantitative estimate of drug-likeness (QED) is 0.205. The molecule has 1 aliphatic heterocycles. The Labute approximate surface area is 180 Å². The molecule has 15 heteroatoms. The highest BCUT2D eigenvalue weighted by molar-refractivity contribution is 7.46. The Kier molecular flexibility index (Phi) is 6.15. The van der Waals surface area contributed by atoms with Gasteiger partial charge in [0.25, 0.3) is 5.91 Å². The Morgan fingerprint density at radius 2 is 2.12 bits per heavy atom. The highest BCUT2D eigenvalue weighted by Gasteiger charge is 2.38. The van der Waals surface area contributed by atoms with Gasteiger partial charge >= 0.3 is 7.82 Å². The molecule has 0 unspecified atom stereocenters. The van der Waals surface area contributed by atoms with Crippen molar-refractivity contribution in [3.05, 3.63) is 59.0 Å². The van der Waals surface area contributed by atoms with Crippen LogP contribution in [0.1, 0.15) is 23.0 Å². The van der Waals surface area contributed by atoms with E-state index in [1.807, 2.05) is 0 Å². The van der Waals surface area contributed by atoms with Gasteiger partial charge in [0.05, 0.1) is 25.1 Å². The van der Waals surface area contributed by atoms with Crippen molar-refractivity contribution < 1.29 is 28.4 Å². The number of carbonyl (C=O) groups excluding carboxylic acids is 1. The van der Waals surface area contributed by atoms with Crippen molar-refractivity contribution in [3.63, 3.8) is 0 Å². The van der Waals surface area contributed by atoms with Crippen LogP contribution in [0.2, 0.25) is 0 Å². The Hall–Kier alpha value is -3.38. The topological polar surface area (TPSA) is 197 Å². The predicted octanol–water partition coefficient (Wildman–Crippen LogP) is 2.15. The largest absolute Gasteiger partial charge is 0.469 e. The van der Waals surface area contributed by atoms with Crippen molar-refractivity contribution in [2.24, 2.45) is 5.11 Å². The lowest BCUT2D eigenvalue weighted by atomic mass is 10.1. The van der Waals surface area contributed by atoms with E-state index in [9.17, 15) is 9.36 Å². The van der Waals surface area contributed by atoms with Crippen LogP contribution < -0.4 is 5.32 Å². The second-order valence-electron chi connectivity index (χ2n) is 6.79. The van der Waals surface area contributed by atoms with E-state index in [1.165, 1.54) is 12.7 Å². The number of azide groups is 1. The molecule has 0 aliphatic carbocycles. The first-order valence-corrected chi connectivity index (χ1v) is 10.8. The summed E-state index contributed by atoms with van der Waals surface area (Å²) in [5, 5.41) is 6.34. The first-order chi connectivity index (χ1) is 15.4. The fourth-order valence-electron chi connectivity index (χ4n) is 3.32. The van der Waals surface area contributed by atoms with E-state index in [0.717, 1.165) is 0 Å². The van der Waals surface area contributed by atoms with Gasteiger partial charge in [0.2, 0.25) is 0 Å². The lowest BCUT2D eigenvalue weighted by molar-refractivity contribution is -0.0230. The normalized spacial score (nSPS) is 20.8. The van der Waals surface area contributed by atoms with Gasteiger partial charge in [-0.2, -0.15) is 0 Å². The van der Waals surface area contributed by atoms with Gasteiger partial charge in [-0.1, -0.05) is 23.3 Å². The molecule has 32 heavy (non-hydrogen) atoms. The molecule has 1 fully saturated rings. The van der Waals surface area contributed by atoms with E-state index < -0.39 is 32.8 Å². The summed E-state index contributed by atoms with van der Waals surface area (Å²) in [4.78, 5) is 45.7. The van der Waals surface area contributed by atoms with Gasteiger partial charge < -0.3 is 19.8 Å². The second kappa shape index (κ2) is 9.01. The number of carbonyl (C=O) groups is 1. The molecule has 1 aromatic carbocycles. The maximum atomic E-state index is 12.5. The van der Waals surface area contributed by atoms with Crippen molar-refractivity contribution in [3.8, 4) is 0 Å². The SMILES string of the molecule is [N-]=[N+]=N[C@H]1C[C@H](n2cnc3c(NC(=O)c4ccccc4)ncnc32)O[C@@H]1COP(=O)(O)O. The number of fused-ring (bicyclic) bond motifs is 1. The molecule has 0 spiro atoms. The Bertz CT molecular complexity index is 1220. The van der Waals surface area contributed by atoms with Crippen molar-refractivity contribution in [2.45, 2.75) is 24.8 Å². The van der Waals surface area contributed by atoms with E-state index in [4.69, 9.17) is 20.1 Å². The molecule has 3 atom stereocenters. The van der Waals surface area contributed by atoms with Gasteiger partial charge in [-0.05, 0) is 17.7 Å². The van der Waals surface area contributed by atoms with E-state index >= 15 is 0 Å². The number of nitrogens with zero attached hydrogens (tertiary/aromatic N) is 7. The summed E-state index contributed by atoms with van der Waals surface area (Å²) in [6, 6.07) is 7.87. The third kappa shape index (κ3) is 4.75. The van der Waals surface area contributed by atoms with Crippen LogP contribution >= 0.6 is 7.82 Å². The molecule has 1 aliphatic rings. The molecule has 3 heterocycles. The maximum absolute atomic E-state index is 12.5. The number of hydrogen-bond donors (Lipinski definition) is 3. The minimum absolute atomic E-state index is 0.195. The van der Waals surface area contributed by atoms with Gasteiger partial charge in [0.15, 0.2) is 17.0 Å². The van der Waals surface area contributed by atoms with Crippen LogP contribution in [0.4, 0.5) is 5.82 Å². The van der Waals surface area contributed by atoms with Crippen molar-refractivity contribution in [1.29, 1.82) is 0 Å². The zero-order valence-electron chi connectivity index (χ0n) is 16.3. The summed E-state index contributed by atoms with van der Waals surface area (Å²) in [5.41, 5.74) is 9.92. The zero-order chi connectivity index (χ0) is 22.7. The number of anilines is 1. The second-order valence-corrected chi connectivity index (χ2v) is 8.03. The van der Waals surface area contributed by atoms with Crippen LogP contribution in [0.3, 0.4) is 0 Å². The van der Waals surface area contributed by atoms with Gasteiger partial charge in [-0.25, -0.2) is 19.5 Å². The van der Waals surface area contributed by atoms with Gasteiger partial charge in [0.1, 0.15) is 12.6 Å². The molecule has 0 bridgehead atoms. The number of phosphoric ester groups is 1. The highest BCUT2D eigenvalue weighted by atomic mass is 31.2. The van der Waals surface area contributed by atoms with E-state index in [-0.39, 0.29) is 18.1 Å². The maximum Gasteiger partial charge on any atom is 0.469 e. The van der Waals surface area contributed by atoms with Crippen LogP contribution in [0.5, 0.6) is 0 Å². The summed E-state index contributed by atoms with van der Waals surface area (Å²) in [6.07, 6.45) is 1.30. The van der Waals surface area contributed by atoms with E-state index in [1.54, 1.807) is 34.9 Å². The number of benzene rings is 1. The number of rotatable bonds is 7. The monoisotopic (exact) mass is 460 g/mol. The molecule has 0 radical (unpaired) electrons. The van der Waals surface area contributed by atoms with E-state index in [2.05, 4.69) is 34.8 Å². The number of aromatic nitrogens is 4. The Balaban J connectivity index is 1.57. The lowest BCUT2D eigenvalue weighted by Gasteiger charge is -2.16. The van der Waals surface area contributed by atoms with Crippen LogP contribution in [-0.2, 0) is 13.8 Å². The smallest absolute Gasteiger partial charge is 0.352 e. The number of hydrogen-bond acceptors (Lipinski definition) is 8. The molecule has 2 aromatic heterocycles. The third-order valence-corrected chi connectivity index (χ3v) is 5.23. The number of nitrogens with one attached hydrogen (secondary N) is 1. The van der Waals surface area contributed by atoms with Crippen LogP contribution in [0.25, 0.3) is 21.6 Å². The first-order valence-electron chi connectivity index (χ1n) is 9.29. The molecular formula is C17H17N8O6P.